The lowest BCUT2D eigenvalue weighted by atomic mass is 10.1. The summed E-state index contributed by atoms with van der Waals surface area (Å²) < 4.78 is 26.1. The molecule has 4 nitrogen and oxygen atoms in total. The second-order valence-electron chi connectivity index (χ2n) is 6.10. The van der Waals surface area contributed by atoms with Gasteiger partial charge in [-0.05, 0) is 42.7 Å². The molecule has 0 atom stereocenters. The van der Waals surface area contributed by atoms with E-state index in [0.717, 1.165) is 18.6 Å². The molecule has 2 aromatic rings. The van der Waals surface area contributed by atoms with E-state index < -0.39 is 17.5 Å². The van der Waals surface area contributed by atoms with Gasteiger partial charge in [-0.3, -0.25) is 9.59 Å². The first-order valence-electron chi connectivity index (χ1n) is 8.01. The van der Waals surface area contributed by atoms with Gasteiger partial charge in [-0.2, -0.15) is 0 Å². The van der Waals surface area contributed by atoms with Gasteiger partial charge >= 0.3 is 0 Å². The number of carbonyl (C=O) groups excluding carboxylic acids is 2. The van der Waals surface area contributed by atoms with E-state index in [1.165, 1.54) is 12.1 Å². The van der Waals surface area contributed by atoms with E-state index >= 15 is 0 Å². The monoisotopic (exact) mass is 346 g/mol. The third kappa shape index (κ3) is 5.38. The SMILES string of the molecule is CC(C)CCNC(=O)c1cccc(C(=O)Nc2ccc(F)c(F)c2)c1. The largest absolute Gasteiger partial charge is 0.352 e. The van der Waals surface area contributed by atoms with Crippen molar-refractivity contribution >= 4 is 17.5 Å². The number of anilines is 1. The molecule has 0 saturated carbocycles. The average molecular weight is 346 g/mol. The number of amides is 2. The lowest BCUT2D eigenvalue weighted by molar-refractivity contribution is 0.0952. The Morgan fingerprint density at radius 1 is 0.960 bits per heavy atom. The van der Waals surface area contributed by atoms with Gasteiger partial charge in [-0.25, -0.2) is 8.78 Å². The maximum Gasteiger partial charge on any atom is 0.255 e. The van der Waals surface area contributed by atoms with Crippen molar-refractivity contribution < 1.29 is 18.4 Å². The van der Waals surface area contributed by atoms with Crippen LogP contribution in [0.5, 0.6) is 0 Å². The Labute approximate surface area is 145 Å². The zero-order valence-corrected chi connectivity index (χ0v) is 14.1. The Bertz CT molecular complexity index is 776. The molecule has 0 bridgehead atoms. The van der Waals surface area contributed by atoms with Crippen molar-refractivity contribution in [2.75, 3.05) is 11.9 Å². The highest BCUT2D eigenvalue weighted by Crippen LogP contribution is 2.15. The molecule has 0 saturated heterocycles. The molecule has 0 aliphatic carbocycles. The molecular weight excluding hydrogens is 326 g/mol. The van der Waals surface area contributed by atoms with E-state index in [1.807, 2.05) is 0 Å². The van der Waals surface area contributed by atoms with E-state index in [0.29, 0.717) is 18.0 Å². The summed E-state index contributed by atoms with van der Waals surface area (Å²) in [5, 5.41) is 5.27. The maximum absolute atomic E-state index is 13.2. The lowest BCUT2D eigenvalue weighted by Gasteiger charge is -2.09. The number of hydrogen-bond acceptors (Lipinski definition) is 2. The minimum atomic E-state index is -1.05. The molecular formula is C19H20F2N2O2. The fourth-order valence-corrected chi connectivity index (χ4v) is 2.16. The van der Waals surface area contributed by atoms with Crippen LogP contribution in [0.3, 0.4) is 0 Å². The Hall–Kier alpha value is -2.76. The van der Waals surface area contributed by atoms with Crippen LogP contribution in [0, 0.1) is 17.6 Å². The van der Waals surface area contributed by atoms with Crippen LogP contribution in [0.1, 0.15) is 41.0 Å². The van der Waals surface area contributed by atoms with Crippen LogP contribution >= 0.6 is 0 Å². The molecule has 0 aliphatic heterocycles. The first kappa shape index (κ1) is 18.6. The molecule has 25 heavy (non-hydrogen) atoms. The third-order valence-electron chi connectivity index (χ3n) is 3.57. The highest BCUT2D eigenvalue weighted by molar-refractivity contribution is 6.06. The summed E-state index contributed by atoms with van der Waals surface area (Å²) in [5.41, 5.74) is 0.749. The average Bonchev–Trinajstić information content (AvgIpc) is 2.58. The van der Waals surface area contributed by atoms with Crippen LogP contribution in [0.2, 0.25) is 0 Å². The number of halogens is 2. The third-order valence-corrected chi connectivity index (χ3v) is 3.57. The number of nitrogens with one attached hydrogen (secondary N) is 2. The van der Waals surface area contributed by atoms with Crippen molar-refractivity contribution in [3.05, 3.63) is 65.2 Å². The van der Waals surface area contributed by atoms with Gasteiger partial charge in [0.1, 0.15) is 0 Å². The summed E-state index contributed by atoms with van der Waals surface area (Å²) in [6.45, 7) is 4.69. The van der Waals surface area contributed by atoms with Gasteiger partial charge < -0.3 is 10.6 Å². The fourth-order valence-electron chi connectivity index (χ4n) is 2.16. The van der Waals surface area contributed by atoms with Crippen LogP contribution in [-0.4, -0.2) is 18.4 Å². The number of benzene rings is 2. The van der Waals surface area contributed by atoms with E-state index in [2.05, 4.69) is 24.5 Å². The van der Waals surface area contributed by atoms with Gasteiger partial charge in [0.15, 0.2) is 11.6 Å². The van der Waals surface area contributed by atoms with Gasteiger partial charge in [-0.1, -0.05) is 19.9 Å². The molecule has 2 aromatic carbocycles. The minimum absolute atomic E-state index is 0.135. The summed E-state index contributed by atoms with van der Waals surface area (Å²) >= 11 is 0. The van der Waals surface area contributed by atoms with Gasteiger partial charge in [0, 0.05) is 29.4 Å². The van der Waals surface area contributed by atoms with Crippen molar-refractivity contribution in [1.82, 2.24) is 5.32 Å². The predicted molar refractivity (Wildman–Crippen MR) is 92.5 cm³/mol. The van der Waals surface area contributed by atoms with E-state index in [9.17, 15) is 18.4 Å². The molecule has 0 unspecified atom stereocenters. The summed E-state index contributed by atoms with van der Waals surface area (Å²) in [6, 6.07) is 9.30. The van der Waals surface area contributed by atoms with Crippen LogP contribution < -0.4 is 10.6 Å². The standard InChI is InChI=1S/C19H20F2N2O2/c1-12(2)8-9-22-18(24)13-4-3-5-14(10-13)19(25)23-15-6-7-16(20)17(21)11-15/h3-7,10-12H,8-9H2,1-2H3,(H,22,24)(H,23,25). The number of carbonyl (C=O) groups is 2. The molecule has 0 fully saturated rings. The van der Waals surface area contributed by atoms with Gasteiger partial charge in [0.2, 0.25) is 0 Å². The van der Waals surface area contributed by atoms with Crippen molar-refractivity contribution in [2.45, 2.75) is 20.3 Å². The van der Waals surface area contributed by atoms with Crippen molar-refractivity contribution in [2.24, 2.45) is 5.92 Å². The highest BCUT2D eigenvalue weighted by Gasteiger charge is 2.12. The van der Waals surface area contributed by atoms with Gasteiger partial charge in [-0.15, -0.1) is 0 Å². The number of rotatable bonds is 6. The van der Waals surface area contributed by atoms with Crippen LogP contribution in [0.25, 0.3) is 0 Å². The molecule has 2 rings (SSSR count). The Morgan fingerprint density at radius 3 is 2.28 bits per heavy atom. The number of hydrogen-bond donors (Lipinski definition) is 2. The first-order chi connectivity index (χ1) is 11.9. The first-order valence-corrected chi connectivity index (χ1v) is 8.01. The summed E-state index contributed by atoms with van der Waals surface area (Å²) in [5.74, 6) is -2.33. The summed E-state index contributed by atoms with van der Waals surface area (Å²) in [7, 11) is 0. The summed E-state index contributed by atoms with van der Waals surface area (Å²) in [6.07, 6.45) is 0.863. The Morgan fingerprint density at radius 2 is 1.64 bits per heavy atom. The molecule has 0 radical (unpaired) electrons. The zero-order valence-electron chi connectivity index (χ0n) is 14.1. The van der Waals surface area contributed by atoms with Gasteiger partial charge in [0.05, 0.1) is 0 Å². The smallest absolute Gasteiger partial charge is 0.255 e. The quantitative estimate of drug-likeness (QED) is 0.831. The molecule has 6 heteroatoms. The molecule has 0 aliphatic rings. The predicted octanol–water partition coefficient (Wildman–Crippen LogP) is 3.99. The maximum atomic E-state index is 13.2. The van der Waals surface area contributed by atoms with Crippen LogP contribution in [0.15, 0.2) is 42.5 Å². The molecule has 2 N–H and O–H groups in total. The second kappa shape index (κ2) is 8.37. The normalized spacial score (nSPS) is 10.6. The molecule has 132 valence electrons. The summed E-state index contributed by atoms with van der Waals surface area (Å²) in [4.78, 5) is 24.3. The van der Waals surface area contributed by atoms with Gasteiger partial charge in [0.25, 0.3) is 11.8 Å². The van der Waals surface area contributed by atoms with Crippen molar-refractivity contribution in [3.63, 3.8) is 0 Å². The van der Waals surface area contributed by atoms with E-state index in [1.54, 1.807) is 18.2 Å². The molecule has 0 aromatic heterocycles. The minimum Gasteiger partial charge on any atom is -0.352 e. The Balaban J connectivity index is 2.05. The lowest BCUT2D eigenvalue weighted by Crippen LogP contribution is -2.25. The Kier molecular flexibility index (Phi) is 6.22. The molecule has 0 heterocycles. The zero-order chi connectivity index (χ0) is 18.4. The van der Waals surface area contributed by atoms with Crippen LogP contribution in [-0.2, 0) is 0 Å². The fraction of sp³-hybridized carbons (Fsp3) is 0.263. The van der Waals surface area contributed by atoms with E-state index in [-0.39, 0.29) is 17.2 Å². The van der Waals surface area contributed by atoms with Crippen LogP contribution in [0.4, 0.5) is 14.5 Å². The van der Waals surface area contributed by atoms with Crippen molar-refractivity contribution in [1.29, 1.82) is 0 Å². The molecule has 0 spiro atoms. The second-order valence-corrected chi connectivity index (χ2v) is 6.10. The topological polar surface area (TPSA) is 58.2 Å². The van der Waals surface area contributed by atoms with Crippen molar-refractivity contribution in [3.8, 4) is 0 Å². The molecule has 2 amide bonds. The highest BCUT2D eigenvalue weighted by atomic mass is 19.2. The van der Waals surface area contributed by atoms with E-state index in [4.69, 9.17) is 0 Å².